The van der Waals surface area contributed by atoms with Crippen LogP contribution < -0.4 is 5.73 Å². The molecule has 63 valence electrons. The first kappa shape index (κ1) is 8.64. The summed E-state index contributed by atoms with van der Waals surface area (Å²) >= 11 is 0. The molecule has 0 aliphatic carbocycles. The largest absolute Gasteiger partial charge is 0.273 e. The molecule has 1 radical (unpaired) electrons. The zero-order chi connectivity index (χ0) is 9.14. The van der Waals surface area contributed by atoms with E-state index in [-0.39, 0.29) is 6.42 Å². The maximum absolute atomic E-state index is 12.5. The summed E-state index contributed by atoms with van der Waals surface area (Å²) in [5.41, 5.74) is 6.90. The summed E-state index contributed by atoms with van der Waals surface area (Å²) in [6.45, 7) is 0. The average Bonchev–Trinajstić information content (AvgIpc) is 1.96. The normalized spacial score (nSPS) is 9.83. The molecule has 4 heteroatoms. The minimum Gasteiger partial charge on any atom is -0.273 e. The molecule has 1 aromatic rings. The maximum Gasteiger partial charge on any atom is 0.242 e. The third-order valence-electron chi connectivity index (χ3n) is 1.35. The van der Waals surface area contributed by atoms with E-state index in [2.05, 4.69) is 0 Å². The van der Waals surface area contributed by atoms with E-state index in [1.807, 2.05) is 0 Å². The molecule has 0 unspecified atom stereocenters. The van der Waals surface area contributed by atoms with E-state index in [1.54, 1.807) is 0 Å². The lowest BCUT2D eigenvalue weighted by atomic mass is 10.1. The zero-order valence-corrected chi connectivity index (χ0v) is 6.10. The molecule has 0 aliphatic rings. The summed E-state index contributed by atoms with van der Waals surface area (Å²) in [6.07, 6.45) is -0.183. The first-order valence-corrected chi connectivity index (χ1v) is 3.28. The maximum atomic E-state index is 12.5. The number of halogens is 2. The Hall–Kier alpha value is -1.45. The zero-order valence-electron chi connectivity index (χ0n) is 6.10. The van der Waals surface area contributed by atoms with Gasteiger partial charge in [0.25, 0.3) is 0 Å². The van der Waals surface area contributed by atoms with Gasteiger partial charge in [-0.2, -0.15) is 0 Å². The van der Waals surface area contributed by atoms with Crippen LogP contribution in [-0.4, -0.2) is 5.91 Å². The summed E-state index contributed by atoms with van der Waals surface area (Å²) in [6, 6.07) is 3.14. The Kier molecular flexibility index (Phi) is 2.38. The van der Waals surface area contributed by atoms with E-state index in [9.17, 15) is 13.6 Å². The molecule has 1 rings (SSSR count). The van der Waals surface area contributed by atoms with Crippen molar-refractivity contribution in [2.75, 3.05) is 0 Å². The predicted molar refractivity (Wildman–Crippen MR) is 38.2 cm³/mol. The molecule has 0 saturated heterocycles. The molecule has 0 aliphatic heterocycles. The van der Waals surface area contributed by atoms with Crippen LogP contribution in [0.3, 0.4) is 0 Å². The van der Waals surface area contributed by atoms with Crippen molar-refractivity contribution in [3.63, 3.8) is 0 Å². The second kappa shape index (κ2) is 3.30. The van der Waals surface area contributed by atoms with Crippen molar-refractivity contribution in [2.45, 2.75) is 6.42 Å². The Morgan fingerprint density at radius 3 is 2.50 bits per heavy atom. The highest BCUT2D eigenvalue weighted by Crippen LogP contribution is 2.08. The molecule has 0 heterocycles. The quantitative estimate of drug-likeness (QED) is 0.659. The molecule has 0 saturated carbocycles. The van der Waals surface area contributed by atoms with Gasteiger partial charge < -0.3 is 0 Å². The molecule has 2 nitrogen and oxygen atoms in total. The van der Waals surface area contributed by atoms with Gasteiger partial charge in [-0.25, -0.2) is 8.78 Å². The molecule has 0 spiro atoms. The Labute approximate surface area is 68.0 Å². The van der Waals surface area contributed by atoms with Gasteiger partial charge in [-0.15, -0.1) is 0 Å². The summed E-state index contributed by atoms with van der Waals surface area (Å²) in [5, 5.41) is 0. The van der Waals surface area contributed by atoms with Crippen molar-refractivity contribution in [2.24, 2.45) is 0 Å². The highest BCUT2D eigenvalue weighted by Gasteiger charge is 2.04. The van der Waals surface area contributed by atoms with E-state index in [0.29, 0.717) is 5.56 Å². The van der Waals surface area contributed by atoms with Crippen LogP contribution in [0.1, 0.15) is 5.56 Å². The van der Waals surface area contributed by atoms with Crippen LogP contribution in [0.4, 0.5) is 8.78 Å². The Bertz CT molecular complexity index is 312. The minimum atomic E-state index is -0.992. The summed E-state index contributed by atoms with van der Waals surface area (Å²) in [5.74, 6) is -2.76. The monoisotopic (exact) mass is 170 g/mol. The summed E-state index contributed by atoms with van der Waals surface area (Å²) < 4.78 is 24.8. The van der Waals surface area contributed by atoms with E-state index in [0.717, 1.165) is 12.1 Å². The second-order valence-corrected chi connectivity index (χ2v) is 2.35. The number of hydrogen-bond donors (Lipinski definition) is 0. The number of carbonyl (C=O) groups is 1. The fraction of sp³-hybridized carbons (Fsp3) is 0.125. The van der Waals surface area contributed by atoms with Crippen molar-refractivity contribution >= 4 is 5.91 Å². The van der Waals surface area contributed by atoms with Crippen LogP contribution >= 0.6 is 0 Å². The average molecular weight is 170 g/mol. The smallest absolute Gasteiger partial charge is 0.242 e. The number of hydrogen-bond acceptors (Lipinski definition) is 1. The molecular formula is C8H6F2NO. The van der Waals surface area contributed by atoms with Crippen molar-refractivity contribution in [3.05, 3.63) is 35.4 Å². The van der Waals surface area contributed by atoms with Crippen LogP contribution in [0.5, 0.6) is 0 Å². The summed E-state index contributed by atoms with van der Waals surface area (Å²) in [7, 11) is 0. The van der Waals surface area contributed by atoms with E-state index < -0.39 is 17.5 Å². The van der Waals surface area contributed by atoms with Crippen LogP contribution in [0.15, 0.2) is 18.2 Å². The number of rotatable bonds is 2. The van der Waals surface area contributed by atoms with Crippen LogP contribution in [0, 0.1) is 11.6 Å². The molecule has 1 N–H and O–H groups in total. The first-order chi connectivity index (χ1) is 5.59. The van der Waals surface area contributed by atoms with E-state index in [1.165, 1.54) is 6.07 Å². The van der Waals surface area contributed by atoms with Gasteiger partial charge in [-0.3, -0.25) is 10.5 Å². The lowest BCUT2D eigenvalue weighted by Crippen LogP contribution is -2.02. The highest BCUT2D eigenvalue weighted by atomic mass is 19.2. The second-order valence-electron chi connectivity index (χ2n) is 2.35. The highest BCUT2D eigenvalue weighted by molar-refractivity contribution is 5.75. The Morgan fingerprint density at radius 2 is 2.00 bits per heavy atom. The molecule has 1 amide bonds. The number of nitrogens with one attached hydrogen (secondary N) is 1. The van der Waals surface area contributed by atoms with Gasteiger partial charge in [0.2, 0.25) is 5.91 Å². The molecule has 0 fully saturated rings. The van der Waals surface area contributed by atoms with Crippen LogP contribution in [0.2, 0.25) is 0 Å². The standard InChI is InChI=1S/C8H6F2NO/c9-6-2-1-5(3-7(6)10)4-8(11)12/h1-3,11H,4H2. The van der Waals surface area contributed by atoms with E-state index in [4.69, 9.17) is 5.73 Å². The van der Waals surface area contributed by atoms with Gasteiger partial charge in [-0.05, 0) is 17.7 Å². The van der Waals surface area contributed by atoms with Gasteiger partial charge in [-0.1, -0.05) is 6.07 Å². The fourth-order valence-electron chi connectivity index (χ4n) is 0.835. The topological polar surface area (TPSA) is 40.9 Å². The Morgan fingerprint density at radius 1 is 1.33 bits per heavy atom. The van der Waals surface area contributed by atoms with Crippen molar-refractivity contribution < 1.29 is 13.6 Å². The van der Waals surface area contributed by atoms with Gasteiger partial charge >= 0.3 is 0 Å². The van der Waals surface area contributed by atoms with Crippen LogP contribution in [-0.2, 0) is 11.2 Å². The van der Waals surface area contributed by atoms with Gasteiger partial charge in [0.05, 0.1) is 6.42 Å². The third-order valence-corrected chi connectivity index (χ3v) is 1.35. The molecular weight excluding hydrogens is 164 g/mol. The molecule has 0 aromatic heterocycles. The van der Waals surface area contributed by atoms with Gasteiger partial charge in [0, 0.05) is 0 Å². The van der Waals surface area contributed by atoms with Gasteiger partial charge in [0.15, 0.2) is 11.6 Å². The number of benzene rings is 1. The van der Waals surface area contributed by atoms with Crippen molar-refractivity contribution in [3.8, 4) is 0 Å². The minimum absolute atomic E-state index is 0.183. The third kappa shape index (κ3) is 2.02. The number of carbonyl (C=O) groups excluding carboxylic acids is 1. The first-order valence-electron chi connectivity index (χ1n) is 3.28. The number of amides is 1. The molecule has 12 heavy (non-hydrogen) atoms. The van der Waals surface area contributed by atoms with Crippen LogP contribution in [0.25, 0.3) is 0 Å². The van der Waals surface area contributed by atoms with Crippen molar-refractivity contribution in [1.29, 1.82) is 0 Å². The molecule has 1 aromatic carbocycles. The van der Waals surface area contributed by atoms with E-state index >= 15 is 0 Å². The Balaban J connectivity index is 2.89. The predicted octanol–water partition coefficient (Wildman–Crippen LogP) is 1.32. The van der Waals surface area contributed by atoms with Crippen molar-refractivity contribution in [1.82, 2.24) is 5.73 Å². The lowest BCUT2D eigenvalue weighted by Gasteiger charge is -1.97. The summed E-state index contributed by atoms with van der Waals surface area (Å²) in [4.78, 5) is 10.3. The fourth-order valence-corrected chi connectivity index (χ4v) is 0.835. The molecule has 0 atom stereocenters. The van der Waals surface area contributed by atoms with Gasteiger partial charge in [0.1, 0.15) is 0 Å². The SMILES string of the molecule is [NH]C(=O)Cc1ccc(F)c(F)c1. The molecule has 0 bridgehead atoms. The lowest BCUT2D eigenvalue weighted by molar-refractivity contribution is -0.118.